The first kappa shape index (κ1) is 13.9. The standard InChI is InChI=1S/C13H16N2O2S2/c1-3-11-5-7-13(18-11)19(16,17)15-10-4-6-12(14)9(2)8-10/h4-8,15H,3,14H2,1-2H3. The number of nitrogen functional groups attached to an aromatic ring is 1. The Hall–Kier alpha value is -1.53. The first-order chi connectivity index (χ1) is 8.92. The van der Waals surface area contributed by atoms with Crippen LogP contribution in [0.15, 0.2) is 34.5 Å². The number of hydrogen-bond donors (Lipinski definition) is 2. The molecule has 0 aliphatic rings. The monoisotopic (exact) mass is 296 g/mol. The molecule has 102 valence electrons. The number of rotatable bonds is 4. The third-order valence-electron chi connectivity index (χ3n) is 2.77. The van der Waals surface area contributed by atoms with Crippen molar-refractivity contribution in [1.82, 2.24) is 0 Å². The van der Waals surface area contributed by atoms with Gasteiger partial charge >= 0.3 is 0 Å². The number of benzene rings is 1. The summed E-state index contributed by atoms with van der Waals surface area (Å²) in [5, 5.41) is 0. The Labute approximate surface area is 117 Å². The molecule has 0 saturated carbocycles. The molecule has 0 saturated heterocycles. The van der Waals surface area contributed by atoms with Gasteiger partial charge in [-0.1, -0.05) is 6.92 Å². The molecule has 0 unspecified atom stereocenters. The van der Waals surface area contributed by atoms with Crippen LogP contribution in [0.25, 0.3) is 0 Å². The molecular formula is C13H16N2O2S2. The van der Waals surface area contributed by atoms with Gasteiger partial charge in [0.2, 0.25) is 0 Å². The van der Waals surface area contributed by atoms with Crippen molar-refractivity contribution in [3.05, 3.63) is 40.8 Å². The average Bonchev–Trinajstić information content (AvgIpc) is 2.83. The van der Waals surface area contributed by atoms with Crippen LogP contribution in [0.2, 0.25) is 0 Å². The SMILES string of the molecule is CCc1ccc(S(=O)(=O)Nc2ccc(N)c(C)c2)s1. The van der Waals surface area contributed by atoms with Gasteiger partial charge in [-0.25, -0.2) is 8.42 Å². The Morgan fingerprint density at radius 3 is 2.58 bits per heavy atom. The molecule has 0 fully saturated rings. The second-order valence-corrected chi connectivity index (χ2v) is 7.33. The van der Waals surface area contributed by atoms with Crippen molar-refractivity contribution in [1.29, 1.82) is 0 Å². The van der Waals surface area contributed by atoms with E-state index in [4.69, 9.17) is 5.73 Å². The van der Waals surface area contributed by atoms with Gasteiger partial charge in [-0.05, 0) is 49.2 Å². The molecular weight excluding hydrogens is 280 g/mol. The smallest absolute Gasteiger partial charge is 0.271 e. The van der Waals surface area contributed by atoms with Crippen LogP contribution in [0.1, 0.15) is 17.4 Å². The summed E-state index contributed by atoms with van der Waals surface area (Å²) < 4.78 is 27.3. The number of nitrogens with one attached hydrogen (secondary N) is 1. The Morgan fingerprint density at radius 2 is 2.00 bits per heavy atom. The summed E-state index contributed by atoms with van der Waals surface area (Å²) in [5.74, 6) is 0. The minimum absolute atomic E-state index is 0.332. The Bertz CT molecular complexity index is 690. The number of sulfonamides is 1. The van der Waals surface area contributed by atoms with Crippen LogP contribution in [0.5, 0.6) is 0 Å². The number of aryl methyl sites for hydroxylation is 2. The molecule has 6 heteroatoms. The molecule has 2 rings (SSSR count). The zero-order chi connectivity index (χ0) is 14.0. The van der Waals surface area contributed by atoms with E-state index in [0.717, 1.165) is 16.9 Å². The highest BCUT2D eigenvalue weighted by Gasteiger charge is 2.16. The molecule has 1 heterocycles. The molecule has 19 heavy (non-hydrogen) atoms. The third kappa shape index (κ3) is 3.08. The van der Waals surface area contributed by atoms with Crippen LogP contribution in [-0.4, -0.2) is 8.42 Å². The molecule has 2 aromatic rings. The van der Waals surface area contributed by atoms with E-state index in [1.807, 2.05) is 19.9 Å². The molecule has 0 atom stereocenters. The Kier molecular flexibility index (Phi) is 3.82. The van der Waals surface area contributed by atoms with Crippen molar-refractivity contribution < 1.29 is 8.42 Å². The number of thiophene rings is 1. The highest BCUT2D eigenvalue weighted by Crippen LogP contribution is 2.25. The molecule has 0 aliphatic heterocycles. The predicted molar refractivity (Wildman–Crippen MR) is 80.1 cm³/mol. The molecule has 0 amide bonds. The summed E-state index contributed by atoms with van der Waals surface area (Å²) in [6.07, 6.45) is 0.834. The third-order valence-corrected chi connectivity index (χ3v) is 5.88. The molecule has 4 nitrogen and oxygen atoms in total. The highest BCUT2D eigenvalue weighted by atomic mass is 32.2. The zero-order valence-corrected chi connectivity index (χ0v) is 12.4. The fraction of sp³-hybridized carbons (Fsp3) is 0.231. The van der Waals surface area contributed by atoms with Crippen LogP contribution in [-0.2, 0) is 16.4 Å². The van der Waals surface area contributed by atoms with Gasteiger partial charge in [-0.2, -0.15) is 0 Å². The Morgan fingerprint density at radius 1 is 1.26 bits per heavy atom. The van der Waals surface area contributed by atoms with Crippen LogP contribution >= 0.6 is 11.3 Å². The minimum atomic E-state index is -3.50. The van der Waals surface area contributed by atoms with E-state index in [1.54, 1.807) is 24.3 Å². The normalized spacial score (nSPS) is 11.5. The molecule has 0 spiro atoms. The van der Waals surface area contributed by atoms with Gasteiger partial charge in [0.05, 0.1) is 0 Å². The lowest BCUT2D eigenvalue weighted by molar-refractivity contribution is 0.603. The Balaban J connectivity index is 2.28. The molecule has 0 radical (unpaired) electrons. The van der Waals surface area contributed by atoms with Crippen molar-refractivity contribution in [3.63, 3.8) is 0 Å². The number of hydrogen-bond acceptors (Lipinski definition) is 4. The maximum Gasteiger partial charge on any atom is 0.271 e. The predicted octanol–water partition coefficient (Wildman–Crippen LogP) is 3.00. The second-order valence-electron chi connectivity index (χ2n) is 4.25. The molecule has 1 aromatic heterocycles. The van der Waals surface area contributed by atoms with Crippen molar-refractivity contribution in [2.24, 2.45) is 0 Å². The van der Waals surface area contributed by atoms with Gasteiger partial charge in [0.25, 0.3) is 10.0 Å². The van der Waals surface area contributed by atoms with Gasteiger partial charge in [0.15, 0.2) is 0 Å². The topological polar surface area (TPSA) is 72.2 Å². The zero-order valence-electron chi connectivity index (χ0n) is 10.8. The number of anilines is 2. The largest absolute Gasteiger partial charge is 0.399 e. The number of nitrogens with two attached hydrogens (primary N) is 1. The molecule has 3 N–H and O–H groups in total. The summed E-state index contributed by atoms with van der Waals surface area (Å²) in [7, 11) is -3.50. The van der Waals surface area contributed by atoms with Crippen molar-refractivity contribution >= 4 is 32.7 Å². The maximum atomic E-state index is 12.2. The van der Waals surface area contributed by atoms with Gasteiger partial charge in [-0.15, -0.1) is 11.3 Å². The average molecular weight is 296 g/mol. The highest BCUT2D eigenvalue weighted by molar-refractivity contribution is 7.94. The minimum Gasteiger partial charge on any atom is -0.399 e. The van der Waals surface area contributed by atoms with Crippen molar-refractivity contribution in [2.45, 2.75) is 24.5 Å². The second kappa shape index (κ2) is 5.22. The van der Waals surface area contributed by atoms with Crippen molar-refractivity contribution in [2.75, 3.05) is 10.5 Å². The molecule has 1 aromatic carbocycles. The maximum absolute atomic E-state index is 12.2. The quantitative estimate of drug-likeness (QED) is 0.852. The summed E-state index contributed by atoms with van der Waals surface area (Å²) in [6.45, 7) is 3.84. The van der Waals surface area contributed by atoms with E-state index >= 15 is 0 Å². The first-order valence-corrected chi connectivity index (χ1v) is 8.20. The van der Waals surface area contributed by atoms with Crippen LogP contribution in [0.4, 0.5) is 11.4 Å². The lowest BCUT2D eigenvalue weighted by atomic mass is 10.2. The van der Waals surface area contributed by atoms with Crippen LogP contribution in [0.3, 0.4) is 0 Å². The summed E-state index contributed by atoms with van der Waals surface area (Å²) >= 11 is 1.29. The van der Waals surface area contributed by atoms with E-state index in [2.05, 4.69) is 4.72 Å². The molecule has 0 bridgehead atoms. The fourth-order valence-electron chi connectivity index (χ4n) is 1.64. The van der Waals surface area contributed by atoms with Crippen LogP contribution < -0.4 is 10.5 Å². The summed E-state index contributed by atoms with van der Waals surface area (Å²) in [6, 6.07) is 8.55. The molecule has 0 aliphatic carbocycles. The van der Waals surface area contributed by atoms with Gasteiger partial charge < -0.3 is 5.73 Å². The van der Waals surface area contributed by atoms with Crippen LogP contribution in [0, 0.1) is 6.92 Å². The first-order valence-electron chi connectivity index (χ1n) is 5.90. The summed E-state index contributed by atoms with van der Waals surface area (Å²) in [5.41, 5.74) is 7.73. The van der Waals surface area contributed by atoms with E-state index in [9.17, 15) is 8.42 Å². The van der Waals surface area contributed by atoms with E-state index in [1.165, 1.54) is 11.3 Å². The van der Waals surface area contributed by atoms with Crippen molar-refractivity contribution in [3.8, 4) is 0 Å². The summed E-state index contributed by atoms with van der Waals surface area (Å²) in [4.78, 5) is 1.05. The van der Waals surface area contributed by atoms with E-state index < -0.39 is 10.0 Å². The lowest BCUT2D eigenvalue weighted by Crippen LogP contribution is -2.11. The van der Waals surface area contributed by atoms with E-state index in [0.29, 0.717) is 15.6 Å². The van der Waals surface area contributed by atoms with Gasteiger partial charge in [-0.3, -0.25) is 4.72 Å². The van der Waals surface area contributed by atoms with Gasteiger partial charge in [0, 0.05) is 16.3 Å². The fourth-order valence-corrected chi connectivity index (χ4v) is 3.98. The van der Waals surface area contributed by atoms with E-state index in [-0.39, 0.29) is 0 Å². The lowest BCUT2D eigenvalue weighted by Gasteiger charge is -2.08. The van der Waals surface area contributed by atoms with Gasteiger partial charge in [0.1, 0.15) is 4.21 Å².